The summed E-state index contributed by atoms with van der Waals surface area (Å²) in [7, 11) is 0. The topological polar surface area (TPSA) is 74.7 Å². The van der Waals surface area contributed by atoms with Gasteiger partial charge in [0.05, 0.1) is 34.4 Å². The first-order valence-corrected chi connectivity index (χ1v) is 10.4. The first kappa shape index (κ1) is 22.2. The SMILES string of the molecule is CC(c1n[nH]c2ccccc12)n1cc(C(=O)NC2CCNCC2F)c2c(F)cccc21.Cl. The van der Waals surface area contributed by atoms with Gasteiger partial charge in [0.25, 0.3) is 5.91 Å². The van der Waals surface area contributed by atoms with Gasteiger partial charge in [-0.05, 0) is 38.1 Å². The summed E-state index contributed by atoms with van der Waals surface area (Å²) in [6.45, 7) is 2.79. The maximum absolute atomic E-state index is 14.8. The Kier molecular flexibility index (Phi) is 6.17. The molecule has 4 aromatic rings. The number of carbonyl (C=O) groups excluding carboxylic acids is 1. The molecule has 3 unspecified atom stereocenters. The highest BCUT2D eigenvalue weighted by atomic mass is 35.5. The van der Waals surface area contributed by atoms with Crippen LogP contribution in [0.15, 0.2) is 48.7 Å². The van der Waals surface area contributed by atoms with Crippen LogP contribution in [0.3, 0.4) is 0 Å². The first-order chi connectivity index (χ1) is 15.0. The molecular weight excluding hydrogens is 436 g/mol. The van der Waals surface area contributed by atoms with E-state index in [1.807, 2.05) is 35.8 Å². The van der Waals surface area contributed by atoms with Crippen molar-refractivity contribution in [2.75, 3.05) is 13.1 Å². The highest BCUT2D eigenvalue weighted by Crippen LogP contribution is 2.32. The van der Waals surface area contributed by atoms with Gasteiger partial charge in [0.2, 0.25) is 0 Å². The Hall–Kier alpha value is -2.97. The number of aromatic nitrogens is 3. The second kappa shape index (κ2) is 8.88. The van der Waals surface area contributed by atoms with Gasteiger partial charge in [-0.25, -0.2) is 8.78 Å². The van der Waals surface area contributed by atoms with Crippen LogP contribution in [0.2, 0.25) is 0 Å². The molecular formula is C23H24ClF2N5O. The molecule has 1 aliphatic rings. The summed E-state index contributed by atoms with van der Waals surface area (Å²) in [6, 6.07) is 11.7. The van der Waals surface area contributed by atoms with E-state index in [9.17, 15) is 13.6 Å². The zero-order chi connectivity index (χ0) is 21.5. The van der Waals surface area contributed by atoms with Gasteiger partial charge in [0.1, 0.15) is 12.0 Å². The molecule has 0 radical (unpaired) electrons. The highest BCUT2D eigenvalue weighted by Gasteiger charge is 2.29. The Morgan fingerprint density at radius 3 is 2.88 bits per heavy atom. The largest absolute Gasteiger partial charge is 0.346 e. The van der Waals surface area contributed by atoms with Crippen LogP contribution >= 0.6 is 12.4 Å². The predicted octanol–water partition coefficient (Wildman–Crippen LogP) is 4.12. The summed E-state index contributed by atoms with van der Waals surface area (Å²) in [4.78, 5) is 13.1. The molecule has 3 atom stereocenters. The third kappa shape index (κ3) is 3.73. The second-order valence-corrected chi connectivity index (χ2v) is 8.00. The van der Waals surface area contributed by atoms with Gasteiger partial charge >= 0.3 is 0 Å². The van der Waals surface area contributed by atoms with Crippen LogP contribution in [0.1, 0.15) is 35.4 Å². The normalized spacial score (nSPS) is 19.6. The molecule has 1 aliphatic heterocycles. The number of halogens is 3. The summed E-state index contributed by atoms with van der Waals surface area (Å²) in [5.74, 6) is -0.954. The molecule has 3 N–H and O–H groups in total. The van der Waals surface area contributed by atoms with Crippen LogP contribution in [0, 0.1) is 5.82 Å². The van der Waals surface area contributed by atoms with Gasteiger partial charge in [-0.3, -0.25) is 9.89 Å². The van der Waals surface area contributed by atoms with Gasteiger partial charge < -0.3 is 15.2 Å². The Balaban J connectivity index is 0.00000245. The van der Waals surface area contributed by atoms with E-state index in [0.717, 1.165) is 16.6 Å². The van der Waals surface area contributed by atoms with Crippen LogP contribution in [0.5, 0.6) is 0 Å². The maximum Gasteiger partial charge on any atom is 0.253 e. The molecule has 0 spiro atoms. The summed E-state index contributed by atoms with van der Waals surface area (Å²) in [5.41, 5.74) is 2.49. The highest BCUT2D eigenvalue weighted by molar-refractivity contribution is 6.07. The molecule has 0 aliphatic carbocycles. The van der Waals surface area contributed by atoms with E-state index in [0.29, 0.717) is 18.5 Å². The van der Waals surface area contributed by atoms with E-state index in [4.69, 9.17) is 0 Å². The molecule has 1 amide bonds. The Labute approximate surface area is 189 Å². The van der Waals surface area contributed by atoms with Crippen molar-refractivity contribution in [3.63, 3.8) is 0 Å². The molecule has 5 rings (SSSR count). The quantitative estimate of drug-likeness (QED) is 0.430. The van der Waals surface area contributed by atoms with Gasteiger partial charge in [-0.1, -0.05) is 24.3 Å². The fourth-order valence-electron chi connectivity index (χ4n) is 4.42. The molecule has 0 bridgehead atoms. The molecule has 1 fully saturated rings. The summed E-state index contributed by atoms with van der Waals surface area (Å²) >= 11 is 0. The molecule has 3 heterocycles. The minimum Gasteiger partial charge on any atom is -0.346 e. The number of H-pyrrole nitrogens is 1. The van der Waals surface area contributed by atoms with E-state index in [2.05, 4.69) is 20.8 Å². The molecule has 9 heteroatoms. The minimum absolute atomic E-state index is 0. The average Bonchev–Trinajstić information content (AvgIpc) is 3.38. The molecule has 1 saturated heterocycles. The number of amides is 1. The summed E-state index contributed by atoms with van der Waals surface area (Å²) < 4.78 is 30.9. The van der Waals surface area contributed by atoms with Crippen LogP contribution in [0.25, 0.3) is 21.8 Å². The third-order valence-electron chi connectivity index (χ3n) is 6.09. The average molecular weight is 460 g/mol. The number of alkyl halides is 1. The Morgan fingerprint density at radius 2 is 2.06 bits per heavy atom. The number of hydrogen-bond donors (Lipinski definition) is 3. The van der Waals surface area contributed by atoms with Gasteiger partial charge in [0.15, 0.2) is 0 Å². The van der Waals surface area contributed by atoms with Crippen LogP contribution in [-0.4, -0.2) is 46.0 Å². The lowest BCUT2D eigenvalue weighted by Crippen LogP contribution is -2.50. The number of carbonyl (C=O) groups is 1. The monoisotopic (exact) mass is 459 g/mol. The van der Waals surface area contributed by atoms with Crippen molar-refractivity contribution in [1.29, 1.82) is 0 Å². The second-order valence-electron chi connectivity index (χ2n) is 8.00. The number of nitrogens with zero attached hydrogens (tertiary/aromatic N) is 2. The number of aromatic amines is 1. The van der Waals surface area contributed by atoms with Crippen molar-refractivity contribution >= 4 is 40.1 Å². The number of hydrogen-bond acceptors (Lipinski definition) is 3. The van der Waals surface area contributed by atoms with Crippen molar-refractivity contribution in [2.45, 2.75) is 31.6 Å². The smallest absolute Gasteiger partial charge is 0.253 e. The van der Waals surface area contributed by atoms with E-state index in [1.54, 1.807) is 18.3 Å². The minimum atomic E-state index is -1.18. The number of piperidine rings is 1. The fraction of sp³-hybridized carbons (Fsp3) is 0.304. The molecule has 2 aromatic carbocycles. The van der Waals surface area contributed by atoms with E-state index >= 15 is 0 Å². The standard InChI is InChI=1S/C23H23F2N5O.ClH/c1-13(22-14-5-2-3-7-18(14)28-29-22)30-12-15(21-16(24)6-4-8-20(21)30)23(31)27-19-9-10-26-11-17(19)25;/h2-8,12-13,17,19,26H,9-11H2,1H3,(H,27,31)(H,28,29);1H. The van der Waals surface area contributed by atoms with E-state index < -0.39 is 23.9 Å². The van der Waals surface area contributed by atoms with Gasteiger partial charge in [-0.15, -0.1) is 12.4 Å². The number of rotatable bonds is 4. The lowest BCUT2D eigenvalue weighted by molar-refractivity contribution is 0.0893. The maximum atomic E-state index is 14.8. The summed E-state index contributed by atoms with van der Waals surface area (Å²) in [6.07, 6.45) is 0.958. The van der Waals surface area contributed by atoms with Crippen LogP contribution in [0.4, 0.5) is 8.78 Å². The zero-order valence-electron chi connectivity index (χ0n) is 17.4. The molecule has 168 valence electrons. The van der Waals surface area contributed by atoms with Crippen molar-refractivity contribution in [3.05, 3.63) is 65.7 Å². The molecule has 2 aromatic heterocycles. The number of fused-ring (bicyclic) bond motifs is 2. The Bertz CT molecular complexity index is 1270. The molecule has 0 saturated carbocycles. The molecule has 32 heavy (non-hydrogen) atoms. The van der Waals surface area contributed by atoms with Crippen molar-refractivity contribution < 1.29 is 13.6 Å². The Morgan fingerprint density at radius 1 is 1.25 bits per heavy atom. The predicted molar refractivity (Wildman–Crippen MR) is 123 cm³/mol. The van der Waals surface area contributed by atoms with E-state index in [1.165, 1.54) is 6.07 Å². The lowest BCUT2D eigenvalue weighted by Gasteiger charge is -2.27. The van der Waals surface area contributed by atoms with Crippen molar-refractivity contribution in [3.8, 4) is 0 Å². The van der Waals surface area contributed by atoms with Crippen LogP contribution in [-0.2, 0) is 0 Å². The third-order valence-corrected chi connectivity index (χ3v) is 6.09. The zero-order valence-corrected chi connectivity index (χ0v) is 18.3. The lowest BCUT2D eigenvalue weighted by atomic mass is 10.0. The van der Waals surface area contributed by atoms with Gasteiger partial charge in [0, 0.05) is 23.5 Å². The fourth-order valence-corrected chi connectivity index (χ4v) is 4.42. The summed E-state index contributed by atoms with van der Waals surface area (Å²) in [5, 5.41) is 14.4. The molecule has 6 nitrogen and oxygen atoms in total. The van der Waals surface area contributed by atoms with Crippen molar-refractivity contribution in [2.24, 2.45) is 0 Å². The van der Waals surface area contributed by atoms with Gasteiger partial charge in [-0.2, -0.15) is 5.10 Å². The number of benzene rings is 2. The number of nitrogens with one attached hydrogen (secondary N) is 3. The van der Waals surface area contributed by atoms with E-state index in [-0.39, 0.29) is 35.9 Å². The first-order valence-electron chi connectivity index (χ1n) is 10.4. The van der Waals surface area contributed by atoms with Crippen molar-refractivity contribution in [1.82, 2.24) is 25.4 Å². The number of para-hydroxylation sites is 1. The van der Waals surface area contributed by atoms with Crippen LogP contribution < -0.4 is 10.6 Å².